The number of amides is 1. The second-order valence-corrected chi connectivity index (χ2v) is 5.05. The molecule has 1 heterocycles. The molecule has 0 spiro atoms. The van der Waals surface area contributed by atoms with Crippen molar-refractivity contribution in [1.29, 1.82) is 0 Å². The smallest absolute Gasteiger partial charge is 0.313 e. The van der Waals surface area contributed by atoms with Gasteiger partial charge in [-0.05, 0) is 43.2 Å². The monoisotopic (exact) mass is 293 g/mol. The van der Waals surface area contributed by atoms with Gasteiger partial charge in [0.05, 0.1) is 0 Å². The summed E-state index contributed by atoms with van der Waals surface area (Å²) in [6.07, 6.45) is 0. The van der Waals surface area contributed by atoms with Crippen LogP contribution in [0.2, 0.25) is 0 Å². The largest absolute Gasteiger partial charge is 0.412 e. The third-order valence-corrected chi connectivity index (χ3v) is 3.28. The van der Waals surface area contributed by atoms with Crippen molar-refractivity contribution in [3.63, 3.8) is 0 Å². The lowest BCUT2D eigenvalue weighted by atomic mass is 10.1. The Morgan fingerprint density at radius 2 is 1.82 bits per heavy atom. The molecule has 0 fully saturated rings. The molecule has 1 amide bonds. The van der Waals surface area contributed by atoms with Crippen LogP contribution >= 0.6 is 0 Å². The predicted octanol–water partition coefficient (Wildman–Crippen LogP) is 3.61. The lowest BCUT2D eigenvalue weighted by Crippen LogP contribution is -2.13. The van der Waals surface area contributed by atoms with Gasteiger partial charge in [-0.1, -0.05) is 30.3 Å². The third-order valence-electron chi connectivity index (χ3n) is 3.28. The number of anilines is 1. The molecule has 110 valence electrons. The fourth-order valence-corrected chi connectivity index (χ4v) is 2.06. The number of nitrogens with zero attached hydrogens (tertiary/aromatic N) is 2. The van der Waals surface area contributed by atoms with Gasteiger partial charge < -0.3 is 9.73 Å². The topological polar surface area (TPSA) is 68.0 Å². The summed E-state index contributed by atoms with van der Waals surface area (Å²) >= 11 is 0. The van der Waals surface area contributed by atoms with E-state index in [4.69, 9.17) is 4.42 Å². The summed E-state index contributed by atoms with van der Waals surface area (Å²) in [7, 11) is 0. The van der Waals surface area contributed by atoms with E-state index in [1.54, 1.807) is 0 Å². The molecule has 5 heteroatoms. The normalized spacial score (nSPS) is 10.5. The Morgan fingerprint density at radius 1 is 1.05 bits per heavy atom. The van der Waals surface area contributed by atoms with Gasteiger partial charge in [-0.2, -0.15) is 0 Å². The first-order valence-electron chi connectivity index (χ1n) is 6.91. The molecular formula is C17H15N3O2. The standard InChI is InChI=1S/C17H15N3O2/c1-11-8-9-12(2)14(10-11)18-15(21)17-20-19-16(22-17)13-6-4-3-5-7-13/h3-10H,1-2H3,(H,18,21). The first-order valence-corrected chi connectivity index (χ1v) is 6.91. The zero-order valence-electron chi connectivity index (χ0n) is 12.3. The van der Waals surface area contributed by atoms with Gasteiger partial charge >= 0.3 is 11.8 Å². The Kier molecular flexibility index (Phi) is 3.70. The second-order valence-electron chi connectivity index (χ2n) is 5.05. The second kappa shape index (κ2) is 5.81. The number of rotatable bonds is 3. The quantitative estimate of drug-likeness (QED) is 0.801. The summed E-state index contributed by atoms with van der Waals surface area (Å²) in [4.78, 5) is 12.2. The van der Waals surface area contributed by atoms with Crippen LogP contribution in [0.4, 0.5) is 5.69 Å². The highest BCUT2D eigenvalue weighted by Crippen LogP contribution is 2.19. The van der Waals surface area contributed by atoms with Crippen LogP contribution in [-0.4, -0.2) is 16.1 Å². The van der Waals surface area contributed by atoms with Crippen LogP contribution < -0.4 is 5.32 Å². The van der Waals surface area contributed by atoms with Crippen molar-refractivity contribution in [3.05, 3.63) is 65.5 Å². The summed E-state index contributed by atoms with van der Waals surface area (Å²) in [6, 6.07) is 15.2. The maximum Gasteiger partial charge on any atom is 0.313 e. The van der Waals surface area contributed by atoms with E-state index < -0.39 is 5.91 Å². The highest BCUT2D eigenvalue weighted by atomic mass is 16.4. The maximum atomic E-state index is 12.2. The molecule has 1 aromatic heterocycles. The number of aryl methyl sites for hydroxylation is 2. The first-order chi connectivity index (χ1) is 10.6. The number of nitrogens with one attached hydrogen (secondary N) is 1. The van der Waals surface area contributed by atoms with Crippen molar-refractivity contribution < 1.29 is 9.21 Å². The molecule has 0 saturated carbocycles. The van der Waals surface area contributed by atoms with Gasteiger partial charge in [0.25, 0.3) is 0 Å². The van der Waals surface area contributed by atoms with E-state index in [2.05, 4.69) is 15.5 Å². The minimum Gasteiger partial charge on any atom is -0.412 e. The number of aromatic nitrogens is 2. The van der Waals surface area contributed by atoms with E-state index in [1.807, 2.05) is 62.4 Å². The molecule has 0 atom stereocenters. The number of carbonyl (C=O) groups is 1. The molecule has 0 aliphatic heterocycles. The fourth-order valence-electron chi connectivity index (χ4n) is 2.06. The highest BCUT2D eigenvalue weighted by molar-refractivity contribution is 6.01. The summed E-state index contributed by atoms with van der Waals surface area (Å²) in [6.45, 7) is 3.90. The molecule has 0 radical (unpaired) electrons. The van der Waals surface area contributed by atoms with Crippen LogP contribution in [0.15, 0.2) is 52.9 Å². The predicted molar refractivity (Wildman–Crippen MR) is 83.6 cm³/mol. The van der Waals surface area contributed by atoms with Gasteiger partial charge in [-0.15, -0.1) is 10.2 Å². The zero-order valence-corrected chi connectivity index (χ0v) is 12.3. The minimum absolute atomic E-state index is 0.0558. The van der Waals surface area contributed by atoms with Gasteiger partial charge in [0.2, 0.25) is 5.89 Å². The number of carbonyl (C=O) groups excluding carboxylic acids is 1. The summed E-state index contributed by atoms with van der Waals surface area (Å²) in [5.41, 5.74) is 3.56. The average Bonchev–Trinajstić information content (AvgIpc) is 3.02. The maximum absolute atomic E-state index is 12.2. The van der Waals surface area contributed by atoms with Gasteiger partial charge in [0.1, 0.15) is 0 Å². The van der Waals surface area contributed by atoms with Crippen molar-refractivity contribution in [2.45, 2.75) is 13.8 Å². The van der Waals surface area contributed by atoms with Crippen molar-refractivity contribution in [2.24, 2.45) is 0 Å². The van der Waals surface area contributed by atoms with E-state index in [9.17, 15) is 4.79 Å². The Hall–Kier alpha value is -2.95. The SMILES string of the molecule is Cc1ccc(C)c(NC(=O)c2nnc(-c3ccccc3)o2)c1. The van der Waals surface area contributed by atoms with Gasteiger partial charge in [0.15, 0.2) is 0 Å². The summed E-state index contributed by atoms with van der Waals surface area (Å²) in [5.74, 6) is -0.144. The van der Waals surface area contributed by atoms with Crippen molar-refractivity contribution in [1.82, 2.24) is 10.2 Å². The summed E-state index contributed by atoms with van der Waals surface area (Å²) < 4.78 is 5.44. The molecular weight excluding hydrogens is 278 g/mol. The number of benzene rings is 2. The Bertz CT molecular complexity index is 810. The molecule has 5 nitrogen and oxygen atoms in total. The fraction of sp³-hybridized carbons (Fsp3) is 0.118. The highest BCUT2D eigenvalue weighted by Gasteiger charge is 2.16. The molecule has 2 aromatic carbocycles. The molecule has 22 heavy (non-hydrogen) atoms. The molecule has 0 bridgehead atoms. The molecule has 0 aliphatic carbocycles. The van der Waals surface area contributed by atoms with E-state index >= 15 is 0 Å². The number of hydrogen-bond donors (Lipinski definition) is 1. The van der Waals surface area contributed by atoms with Gasteiger partial charge in [0, 0.05) is 11.3 Å². The van der Waals surface area contributed by atoms with Crippen molar-refractivity contribution in [2.75, 3.05) is 5.32 Å². The molecule has 3 rings (SSSR count). The van der Waals surface area contributed by atoms with Crippen molar-refractivity contribution in [3.8, 4) is 11.5 Å². The summed E-state index contributed by atoms with van der Waals surface area (Å²) in [5, 5.41) is 10.5. The van der Waals surface area contributed by atoms with E-state index in [1.165, 1.54) is 0 Å². The Morgan fingerprint density at radius 3 is 2.59 bits per heavy atom. The van der Waals surface area contributed by atoms with Crippen LogP contribution in [0.1, 0.15) is 21.8 Å². The van der Waals surface area contributed by atoms with Crippen molar-refractivity contribution >= 4 is 11.6 Å². The lowest BCUT2D eigenvalue weighted by molar-refractivity contribution is 0.0990. The van der Waals surface area contributed by atoms with Gasteiger partial charge in [-0.3, -0.25) is 4.79 Å². The van der Waals surface area contributed by atoms with Crippen LogP contribution in [0, 0.1) is 13.8 Å². The molecule has 1 N–H and O–H groups in total. The van der Waals surface area contributed by atoms with Gasteiger partial charge in [-0.25, -0.2) is 0 Å². The van der Waals surface area contributed by atoms with E-state index in [0.29, 0.717) is 5.89 Å². The van der Waals surface area contributed by atoms with Crippen LogP contribution in [0.25, 0.3) is 11.5 Å². The third kappa shape index (κ3) is 2.88. The van der Waals surface area contributed by atoms with E-state index in [0.717, 1.165) is 22.4 Å². The Balaban J connectivity index is 1.81. The molecule has 0 unspecified atom stereocenters. The van der Waals surface area contributed by atoms with Crippen LogP contribution in [0.3, 0.4) is 0 Å². The average molecular weight is 293 g/mol. The minimum atomic E-state index is -0.414. The lowest BCUT2D eigenvalue weighted by Gasteiger charge is -2.07. The number of hydrogen-bond acceptors (Lipinski definition) is 4. The first kappa shape index (κ1) is 14.0. The molecule has 0 saturated heterocycles. The van der Waals surface area contributed by atoms with Crippen LogP contribution in [0.5, 0.6) is 0 Å². The zero-order chi connectivity index (χ0) is 15.5. The Labute approximate surface area is 128 Å². The van der Waals surface area contributed by atoms with E-state index in [-0.39, 0.29) is 5.89 Å². The van der Waals surface area contributed by atoms with Crippen LogP contribution in [-0.2, 0) is 0 Å². The molecule has 0 aliphatic rings. The molecule has 3 aromatic rings.